The fraction of sp³-hybridized carbons (Fsp3) is 0.571. The first-order valence-corrected chi connectivity index (χ1v) is 15.7. The number of hydrogen-bond donors (Lipinski definition) is 4. The second-order valence-electron chi connectivity index (χ2n) is 10.9. The van der Waals surface area contributed by atoms with Gasteiger partial charge in [-0.15, -0.1) is 22.7 Å². The molecular formula is C28H40N5O5S2+. The molecule has 4 heterocycles. The Morgan fingerprint density at radius 3 is 1.95 bits per heavy atom. The number of likely N-dealkylation sites (tertiary alicyclic amines) is 1. The molecule has 3 amide bonds. The number of nitrogens with zero attached hydrogens (tertiary/aromatic N) is 1. The summed E-state index contributed by atoms with van der Waals surface area (Å²) in [6.07, 6.45) is 5.73. The summed E-state index contributed by atoms with van der Waals surface area (Å²) in [6.45, 7) is 7.14. The lowest BCUT2D eigenvalue weighted by Gasteiger charge is -2.36. The minimum atomic E-state index is -0.488. The Bertz CT molecular complexity index is 1230. The molecule has 2 aromatic heterocycles. The predicted octanol–water partition coefficient (Wildman–Crippen LogP) is 3.66. The summed E-state index contributed by atoms with van der Waals surface area (Å²) in [5.41, 5.74) is 2.66. The maximum atomic E-state index is 13.5. The van der Waals surface area contributed by atoms with E-state index in [4.69, 9.17) is 4.74 Å². The van der Waals surface area contributed by atoms with Gasteiger partial charge in [-0.2, -0.15) is 0 Å². The summed E-state index contributed by atoms with van der Waals surface area (Å²) in [5, 5.41) is 16.1. The van der Waals surface area contributed by atoms with Crippen molar-refractivity contribution in [2.45, 2.75) is 58.4 Å². The summed E-state index contributed by atoms with van der Waals surface area (Å²) < 4.78 is 5.20. The summed E-state index contributed by atoms with van der Waals surface area (Å²) in [5.74, 6) is -1.10. The van der Waals surface area contributed by atoms with Crippen molar-refractivity contribution in [3.05, 3.63) is 31.6 Å². The molecule has 4 N–H and O–H groups in total. The van der Waals surface area contributed by atoms with E-state index in [1.165, 1.54) is 29.8 Å². The highest BCUT2D eigenvalue weighted by Gasteiger charge is 2.35. The van der Waals surface area contributed by atoms with Crippen molar-refractivity contribution < 1.29 is 28.4 Å². The van der Waals surface area contributed by atoms with Crippen molar-refractivity contribution in [1.82, 2.24) is 10.6 Å². The van der Waals surface area contributed by atoms with Gasteiger partial charge in [-0.05, 0) is 87.3 Å². The van der Waals surface area contributed by atoms with Gasteiger partial charge >= 0.3 is 5.97 Å². The molecule has 40 heavy (non-hydrogen) atoms. The molecule has 0 saturated carbocycles. The number of amides is 3. The van der Waals surface area contributed by atoms with Crippen molar-refractivity contribution in [3.8, 4) is 0 Å². The second kappa shape index (κ2) is 13.7. The molecule has 0 aromatic carbocycles. The number of hydrogen-bond acceptors (Lipinski definition) is 8. The van der Waals surface area contributed by atoms with Crippen LogP contribution in [-0.2, 0) is 14.3 Å². The number of esters is 1. The van der Waals surface area contributed by atoms with E-state index in [-0.39, 0.29) is 36.9 Å². The van der Waals surface area contributed by atoms with Crippen molar-refractivity contribution in [2.24, 2.45) is 0 Å². The van der Waals surface area contributed by atoms with E-state index in [2.05, 4.69) is 21.3 Å². The summed E-state index contributed by atoms with van der Waals surface area (Å²) in [7, 11) is 1.32. The highest BCUT2D eigenvalue weighted by molar-refractivity contribution is 7.13. The minimum Gasteiger partial charge on any atom is -0.465 e. The van der Waals surface area contributed by atoms with Crippen LogP contribution in [0.2, 0.25) is 0 Å². The van der Waals surface area contributed by atoms with Gasteiger partial charge in [0.25, 0.3) is 17.7 Å². The minimum absolute atomic E-state index is 0.120. The van der Waals surface area contributed by atoms with Crippen LogP contribution in [0, 0.1) is 13.8 Å². The number of carbonyl (C=O) groups excluding carboxylic acids is 4. The molecule has 0 unspecified atom stereocenters. The maximum absolute atomic E-state index is 13.5. The van der Waals surface area contributed by atoms with E-state index >= 15 is 0 Å². The Labute approximate surface area is 243 Å². The van der Waals surface area contributed by atoms with E-state index in [0.717, 1.165) is 62.7 Å². The molecule has 218 valence electrons. The molecule has 0 spiro atoms. The van der Waals surface area contributed by atoms with E-state index in [0.29, 0.717) is 38.7 Å². The molecule has 2 aliphatic heterocycles. The fourth-order valence-electron chi connectivity index (χ4n) is 5.53. The fourth-order valence-corrected chi connectivity index (χ4v) is 7.36. The first-order chi connectivity index (χ1) is 19.2. The number of piperidine rings is 1. The Kier molecular flexibility index (Phi) is 10.3. The van der Waals surface area contributed by atoms with Gasteiger partial charge in [0.15, 0.2) is 13.1 Å². The Balaban J connectivity index is 1.46. The number of nitrogens with one attached hydrogen (secondary N) is 4. The van der Waals surface area contributed by atoms with Gasteiger partial charge in [0, 0.05) is 6.04 Å². The molecule has 4 rings (SSSR count). The van der Waals surface area contributed by atoms with E-state index in [1.54, 1.807) is 0 Å². The number of quaternary nitrogens is 1. The third kappa shape index (κ3) is 7.48. The van der Waals surface area contributed by atoms with Crippen LogP contribution in [0.5, 0.6) is 0 Å². The Morgan fingerprint density at radius 1 is 0.875 bits per heavy atom. The van der Waals surface area contributed by atoms with Gasteiger partial charge in [-0.3, -0.25) is 14.4 Å². The molecule has 0 bridgehead atoms. The summed E-state index contributed by atoms with van der Waals surface area (Å²) in [6, 6.07) is 0.121. The molecular weight excluding hydrogens is 550 g/mol. The Hall–Kier alpha value is -2.80. The largest absolute Gasteiger partial charge is 0.465 e. The first-order valence-electron chi connectivity index (χ1n) is 13.9. The number of rotatable bonds is 9. The van der Waals surface area contributed by atoms with Crippen molar-refractivity contribution in [2.75, 3.05) is 57.0 Å². The zero-order valence-electron chi connectivity index (χ0n) is 23.5. The van der Waals surface area contributed by atoms with Crippen LogP contribution in [-0.4, -0.2) is 80.6 Å². The number of anilines is 2. The smallest absolute Gasteiger partial charge is 0.350 e. The quantitative estimate of drug-likeness (QED) is 0.261. The zero-order valence-corrected chi connectivity index (χ0v) is 25.2. The van der Waals surface area contributed by atoms with Gasteiger partial charge in [0.2, 0.25) is 0 Å². The van der Waals surface area contributed by atoms with Crippen LogP contribution in [0.1, 0.15) is 69.0 Å². The monoisotopic (exact) mass is 590 g/mol. The van der Waals surface area contributed by atoms with Crippen molar-refractivity contribution in [1.29, 1.82) is 0 Å². The maximum Gasteiger partial charge on any atom is 0.350 e. The number of methoxy groups -OCH3 is 1. The van der Waals surface area contributed by atoms with Gasteiger partial charge in [0.05, 0.1) is 31.6 Å². The average molecular weight is 591 g/mol. The molecule has 0 atom stereocenters. The number of thiophene rings is 2. The van der Waals surface area contributed by atoms with Crippen LogP contribution in [0.4, 0.5) is 11.4 Å². The summed E-state index contributed by atoms with van der Waals surface area (Å²) >= 11 is 2.57. The Morgan fingerprint density at radius 2 is 1.40 bits per heavy atom. The molecule has 10 nitrogen and oxygen atoms in total. The lowest BCUT2D eigenvalue weighted by molar-refractivity contribution is -0.912. The highest BCUT2D eigenvalue weighted by Crippen LogP contribution is 2.30. The van der Waals surface area contributed by atoms with Gasteiger partial charge < -0.3 is 30.5 Å². The molecule has 2 fully saturated rings. The number of aryl methyl sites for hydroxylation is 2. The lowest BCUT2D eigenvalue weighted by Crippen LogP contribution is -2.56. The van der Waals surface area contributed by atoms with Gasteiger partial charge in [0.1, 0.15) is 9.75 Å². The number of carbonyl (C=O) groups is 4. The summed E-state index contributed by atoms with van der Waals surface area (Å²) in [4.78, 5) is 53.0. The van der Waals surface area contributed by atoms with Crippen LogP contribution in [0.3, 0.4) is 0 Å². The van der Waals surface area contributed by atoms with Crippen LogP contribution in [0.15, 0.2) is 10.8 Å². The lowest BCUT2D eigenvalue weighted by atomic mass is 10.1. The third-order valence-electron chi connectivity index (χ3n) is 7.70. The normalized spacial score (nSPS) is 17.5. The van der Waals surface area contributed by atoms with Crippen molar-refractivity contribution >= 4 is 57.7 Å². The second-order valence-corrected chi connectivity index (χ2v) is 12.6. The molecule has 2 aromatic rings. The molecule has 2 saturated heterocycles. The number of ether oxygens (including phenoxy) is 1. The molecule has 0 radical (unpaired) electrons. The van der Waals surface area contributed by atoms with E-state index in [1.807, 2.05) is 24.6 Å². The molecule has 2 aliphatic rings. The van der Waals surface area contributed by atoms with E-state index < -0.39 is 5.97 Å². The van der Waals surface area contributed by atoms with Gasteiger partial charge in [-0.1, -0.05) is 0 Å². The van der Waals surface area contributed by atoms with Crippen molar-refractivity contribution in [3.63, 3.8) is 0 Å². The SMILES string of the molecule is COC(=O)c1scc(C)c1NC(=O)C[N+]1(CC(=O)Nc2c(C)csc2C(=O)NC2CCNCC2)CCCCCC1. The predicted molar refractivity (Wildman–Crippen MR) is 158 cm³/mol. The highest BCUT2D eigenvalue weighted by atomic mass is 32.1. The zero-order chi connectivity index (χ0) is 28.7. The molecule has 12 heteroatoms. The first kappa shape index (κ1) is 30.2. The van der Waals surface area contributed by atoms with E-state index in [9.17, 15) is 19.2 Å². The molecule has 0 aliphatic carbocycles. The van der Waals surface area contributed by atoms with Crippen LogP contribution in [0.25, 0.3) is 0 Å². The van der Waals surface area contributed by atoms with Crippen LogP contribution < -0.4 is 21.3 Å². The average Bonchev–Trinajstić information content (AvgIpc) is 3.38. The standard InChI is InChI=1S/C28H39N5O5S2/c1-18-16-39-25(27(36)30-20-8-10-29-11-9-20)23(18)31-21(34)14-33(12-6-4-5-7-13-33)15-22(35)32-24-19(2)17-40-26(24)28(37)38-3/h16-17,20,29H,4-15H2,1-3H3,(H2-,30,31,32,34,35,36,37)/p+1. The topological polar surface area (TPSA) is 126 Å². The third-order valence-corrected chi connectivity index (χ3v) is 9.88. The van der Waals surface area contributed by atoms with Crippen LogP contribution >= 0.6 is 22.7 Å². The van der Waals surface area contributed by atoms with Gasteiger partial charge in [-0.25, -0.2) is 4.79 Å².